The number of amides is 2. The van der Waals surface area contributed by atoms with Gasteiger partial charge < -0.3 is 21.3 Å². The third kappa shape index (κ3) is 5.56. The molecule has 0 radical (unpaired) electrons. The Morgan fingerprint density at radius 1 is 1.06 bits per heavy atom. The Hall–Kier alpha value is -2.55. The number of hydrogen-bond donors (Lipinski definition) is 3. The summed E-state index contributed by atoms with van der Waals surface area (Å²) in [6, 6.07) is 9.06. The molecule has 0 saturated heterocycles. The number of fused-ring (bicyclic) bond motifs is 1. The second-order valence-electron chi connectivity index (χ2n) is 8.89. The van der Waals surface area contributed by atoms with Crippen LogP contribution in [0, 0.1) is 23.5 Å². The van der Waals surface area contributed by atoms with E-state index in [-0.39, 0.29) is 30.3 Å². The molecule has 4 N–H and O–H groups in total. The normalized spacial score (nSPS) is 17.9. The molecule has 0 saturated carbocycles. The zero-order valence-corrected chi connectivity index (χ0v) is 20.7. The van der Waals surface area contributed by atoms with Gasteiger partial charge in [-0.05, 0) is 49.6 Å². The molecule has 3 rings (SSSR count). The predicted octanol–water partition coefficient (Wildman–Crippen LogP) is 3.66. The minimum absolute atomic E-state index is 0. The highest BCUT2D eigenvalue weighted by Crippen LogP contribution is 2.34. The van der Waals surface area contributed by atoms with Crippen molar-refractivity contribution >= 4 is 29.9 Å². The average molecular weight is 495 g/mol. The third-order valence-corrected chi connectivity index (χ3v) is 6.48. The van der Waals surface area contributed by atoms with E-state index in [2.05, 4.69) is 10.6 Å². The van der Waals surface area contributed by atoms with Crippen LogP contribution >= 0.6 is 12.4 Å². The summed E-state index contributed by atoms with van der Waals surface area (Å²) in [4.78, 5) is 28.7. The first-order valence-electron chi connectivity index (χ1n) is 11.2. The first-order chi connectivity index (χ1) is 15.7. The first-order valence-corrected chi connectivity index (χ1v) is 11.2. The topological polar surface area (TPSA) is 87.5 Å². The van der Waals surface area contributed by atoms with Crippen LogP contribution in [0.15, 0.2) is 42.5 Å². The van der Waals surface area contributed by atoms with Gasteiger partial charge in [-0.1, -0.05) is 44.2 Å². The Balaban J connectivity index is 0.00000408. The summed E-state index contributed by atoms with van der Waals surface area (Å²) in [5, 5.41) is 5.47. The zero-order chi connectivity index (χ0) is 24.3. The van der Waals surface area contributed by atoms with E-state index in [1.807, 2.05) is 32.9 Å². The molecular formula is C25H33ClF2N4O2. The number of anilines is 1. The number of halogens is 3. The highest BCUT2D eigenvalue weighted by atomic mass is 35.5. The number of para-hydroxylation sites is 1. The summed E-state index contributed by atoms with van der Waals surface area (Å²) in [7, 11) is 1.78. The van der Waals surface area contributed by atoms with E-state index in [1.165, 1.54) is 11.0 Å². The number of likely N-dealkylation sites (N-methyl/N-ethyl adjacent to an activating group) is 1. The van der Waals surface area contributed by atoms with E-state index in [4.69, 9.17) is 5.73 Å². The highest BCUT2D eigenvalue weighted by molar-refractivity contribution is 5.99. The minimum atomic E-state index is -1.03. The zero-order valence-electron chi connectivity index (χ0n) is 19.8. The van der Waals surface area contributed by atoms with Crippen LogP contribution in [-0.4, -0.2) is 42.4 Å². The number of nitrogens with two attached hydrogens (primary N) is 1. The standard InChI is InChI=1S/C25H32F2N4O2.ClH/c1-14(2)20(21(28)15(3)29-4)25(33)31-13-12-16-8-5-6-9-17(16)23(31)24(32)30-22-18(26)10-7-11-19(22)27;/h5-11,14-15,20-21,23,29H,12-13,28H2,1-4H3,(H,30,32);1H/t15-,20-,21?,23-;/m0./s1. The monoisotopic (exact) mass is 494 g/mol. The van der Waals surface area contributed by atoms with Crippen LogP contribution in [0.4, 0.5) is 14.5 Å². The van der Waals surface area contributed by atoms with Crippen molar-refractivity contribution in [1.29, 1.82) is 0 Å². The molecule has 2 aromatic carbocycles. The summed E-state index contributed by atoms with van der Waals surface area (Å²) in [5.41, 5.74) is 7.49. The molecule has 4 atom stereocenters. The van der Waals surface area contributed by atoms with Crippen LogP contribution in [0.1, 0.15) is 37.9 Å². The summed E-state index contributed by atoms with van der Waals surface area (Å²) in [5.74, 6) is -3.29. The Morgan fingerprint density at radius 3 is 2.26 bits per heavy atom. The Bertz CT molecular complexity index is 1000. The molecule has 0 fully saturated rings. The summed E-state index contributed by atoms with van der Waals surface area (Å²) >= 11 is 0. The number of carbonyl (C=O) groups excluding carboxylic acids is 2. The number of carbonyl (C=O) groups is 2. The van der Waals surface area contributed by atoms with Crippen LogP contribution < -0.4 is 16.4 Å². The van der Waals surface area contributed by atoms with Crippen molar-refractivity contribution in [3.05, 3.63) is 65.2 Å². The Morgan fingerprint density at radius 2 is 1.68 bits per heavy atom. The lowest BCUT2D eigenvalue weighted by atomic mass is 9.82. The van der Waals surface area contributed by atoms with E-state index in [1.54, 1.807) is 19.2 Å². The van der Waals surface area contributed by atoms with E-state index in [9.17, 15) is 18.4 Å². The van der Waals surface area contributed by atoms with Gasteiger partial charge in [-0.2, -0.15) is 0 Å². The van der Waals surface area contributed by atoms with Crippen molar-refractivity contribution in [3.8, 4) is 0 Å². The minimum Gasteiger partial charge on any atom is -0.326 e. The van der Waals surface area contributed by atoms with E-state index < -0.39 is 41.2 Å². The molecule has 0 aromatic heterocycles. The number of hydrogen-bond acceptors (Lipinski definition) is 4. The molecule has 6 nitrogen and oxygen atoms in total. The summed E-state index contributed by atoms with van der Waals surface area (Å²) in [6.07, 6.45) is 0.571. The fourth-order valence-electron chi connectivity index (χ4n) is 4.48. The molecule has 0 spiro atoms. The van der Waals surface area contributed by atoms with E-state index in [0.717, 1.165) is 17.7 Å². The second-order valence-corrected chi connectivity index (χ2v) is 8.89. The van der Waals surface area contributed by atoms with Crippen molar-refractivity contribution in [2.24, 2.45) is 17.6 Å². The number of nitrogens with zero attached hydrogens (tertiary/aromatic N) is 1. The third-order valence-electron chi connectivity index (χ3n) is 6.48. The van der Waals surface area contributed by atoms with Gasteiger partial charge in [0.2, 0.25) is 5.91 Å². The summed E-state index contributed by atoms with van der Waals surface area (Å²) in [6.45, 7) is 6.06. The number of rotatable bonds is 7. The van der Waals surface area contributed by atoms with Crippen molar-refractivity contribution < 1.29 is 18.4 Å². The van der Waals surface area contributed by atoms with E-state index >= 15 is 0 Å². The fourth-order valence-corrected chi connectivity index (χ4v) is 4.48. The smallest absolute Gasteiger partial charge is 0.251 e. The highest BCUT2D eigenvalue weighted by Gasteiger charge is 2.42. The molecular weight excluding hydrogens is 462 g/mol. The Kier molecular flexibility index (Phi) is 9.55. The predicted molar refractivity (Wildman–Crippen MR) is 132 cm³/mol. The van der Waals surface area contributed by atoms with Gasteiger partial charge in [-0.15, -0.1) is 12.4 Å². The lowest BCUT2D eigenvalue weighted by Crippen LogP contribution is -2.56. The van der Waals surface area contributed by atoms with Crippen LogP contribution in [0.5, 0.6) is 0 Å². The largest absolute Gasteiger partial charge is 0.326 e. The van der Waals surface area contributed by atoms with Gasteiger partial charge in [0.1, 0.15) is 23.4 Å². The molecule has 0 bridgehead atoms. The van der Waals surface area contributed by atoms with Gasteiger partial charge in [0.15, 0.2) is 0 Å². The van der Waals surface area contributed by atoms with Crippen LogP contribution in [0.25, 0.3) is 0 Å². The van der Waals surface area contributed by atoms with Crippen molar-refractivity contribution in [2.45, 2.75) is 45.3 Å². The quantitative estimate of drug-likeness (QED) is 0.548. The second kappa shape index (κ2) is 11.7. The molecule has 1 aliphatic heterocycles. The fraction of sp³-hybridized carbons (Fsp3) is 0.440. The van der Waals surface area contributed by atoms with Gasteiger partial charge in [-0.25, -0.2) is 8.78 Å². The molecule has 1 unspecified atom stereocenters. The lowest BCUT2D eigenvalue weighted by Gasteiger charge is -2.41. The van der Waals surface area contributed by atoms with Gasteiger partial charge in [0, 0.05) is 18.6 Å². The lowest BCUT2D eigenvalue weighted by molar-refractivity contribution is -0.145. The van der Waals surface area contributed by atoms with Crippen molar-refractivity contribution in [2.75, 3.05) is 18.9 Å². The Labute approximate surface area is 205 Å². The van der Waals surface area contributed by atoms with Gasteiger partial charge >= 0.3 is 0 Å². The van der Waals surface area contributed by atoms with Crippen LogP contribution in [-0.2, 0) is 16.0 Å². The van der Waals surface area contributed by atoms with Crippen LogP contribution in [0.2, 0.25) is 0 Å². The molecule has 1 aliphatic rings. The number of benzene rings is 2. The molecule has 0 aliphatic carbocycles. The molecule has 1 heterocycles. The molecule has 34 heavy (non-hydrogen) atoms. The number of nitrogens with one attached hydrogen (secondary N) is 2. The maximum Gasteiger partial charge on any atom is 0.251 e. The average Bonchev–Trinajstić information content (AvgIpc) is 2.79. The van der Waals surface area contributed by atoms with Crippen molar-refractivity contribution in [1.82, 2.24) is 10.2 Å². The van der Waals surface area contributed by atoms with E-state index in [0.29, 0.717) is 18.5 Å². The maximum atomic E-state index is 14.2. The van der Waals surface area contributed by atoms with Crippen molar-refractivity contribution in [3.63, 3.8) is 0 Å². The van der Waals surface area contributed by atoms with Crippen LogP contribution in [0.3, 0.4) is 0 Å². The molecule has 2 aromatic rings. The molecule has 9 heteroatoms. The maximum absolute atomic E-state index is 14.2. The van der Waals surface area contributed by atoms with Gasteiger partial charge in [0.25, 0.3) is 5.91 Å². The van der Waals surface area contributed by atoms with Gasteiger partial charge in [0.05, 0.1) is 5.92 Å². The first kappa shape index (κ1) is 27.7. The molecule has 2 amide bonds. The molecule has 186 valence electrons. The summed E-state index contributed by atoms with van der Waals surface area (Å²) < 4.78 is 28.5. The SMILES string of the molecule is CN[C@@H](C)C(N)[C@@H](C(=O)N1CCc2ccccc2[C@H]1C(=O)Nc1c(F)cccc1F)C(C)C.Cl. The van der Waals surface area contributed by atoms with Gasteiger partial charge in [-0.3, -0.25) is 9.59 Å².